The van der Waals surface area contributed by atoms with Gasteiger partial charge >= 0.3 is 0 Å². The van der Waals surface area contributed by atoms with Crippen LogP contribution in [-0.4, -0.2) is 16.3 Å². The van der Waals surface area contributed by atoms with E-state index >= 15 is 0 Å². The summed E-state index contributed by atoms with van der Waals surface area (Å²) in [5.74, 6) is 1.18. The van der Waals surface area contributed by atoms with Gasteiger partial charge in [-0.3, -0.25) is 0 Å². The van der Waals surface area contributed by atoms with E-state index in [0.717, 1.165) is 24.3 Å². The summed E-state index contributed by atoms with van der Waals surface area (Å²) in [6, 6.07) is 12.9. The first kappa shape index (κ1) is 14.5. The normalized spacial score (nSPS) is 14.2. The maximum absolute atomic E-state index is 4.99. The Bertz CT molecular complexity index is 844. The molecule has 0 spiro atoms. The average molecular weight is 323 g/mol. The van der Waals surface area contributed by atoms with Crippen molar-refractivity contribution in [2.45, 2.75) is 33.1 Å². The van der Waals surface area contributed by atoms with Gasteiger partial charge in [0, 0.05) is 17.0 Å². The topological polar surface area (TPSA) is 29.9 Å². The first-order chi connectivity index (χ1) is 11.2. The van der Waals surface area contributed by atoms with Crippen molar-refractivity contribution >= 4 is 17.2 Å². The summed E-state index contributed by atoms with van der Waals surface area (Å²) in [5, 5.41) is 8.61. The lowest BCUT2D eigenvalue weighted by atomic mass is 10.1. The third-order valence-electron chi connectivity index (χ3n) is 4.35. The van der Waals surface area contributed by atoms with Crippen LogP contribution in [0.15, 0.2) is 36.4 Å². The second-order valence-corrected chi connectivity index (χ2v) is 7.51. The summed E-state index contributed by atoms with van der Waals surface area (Å²) in [7, 11) is 0. The number of nitrogens with zero attached hydrogens (tertiary/aromatic N) is 2. The molecule has 0 amide bonds. The van der Waals surface area contributed by atoms with Crippen LogP contribution in [0.5, 0.6) is 0 Å². The number of hydrogen-bond acceptors (Lipinski definition) is 3. The Balaban J connectivity index is 1.91. The molecule has 1 N–H and O–H groups in total. The van der Waals surface area contributed by atoms with Crippen LogP contribution in [0.25, 0.3) is 16.3 Å². The summed E-state index contributed by atoms with van der Waals surface area (Å²) in [6.45, 7) is 5.30. The van der Waals surface area contributed by atoms with Gasteiger partial charge < -0.3 is 5.32 Å². The number of fused-ring (bicyclic) bond motifs is 1. The molecular formula is C19H21N3S. The highest BCUT2D eigenvalue weighted by molar-refractivity contribution is 7.15. The van der Waals surface area contributed by atoms with Gasteiger partial charge in [-0.05, 0) is 62.9 Å². The number of nitrogens with one attached hydrogen (secondary N) is 1. The second-order valence-electron chi connectivity index (χ2n) is 6.22. The molecule has 0 saturated carbocycles. The van der Waals surface area contributed by atoms with Gasteiger partial charge in [-0.25, -0.2) is 4.68 Å². The van der Waals surface area contributed by atoms with Crippen molar-refractivity contribution in [3.63, 3.8) is 0 Å². The largest absolute Gasteiger partial charge is 0.370 e. The standard InChI is InChI=1S/C19H21N3S/c1-13-6-5-7-15(12-13)22-19-16(8-3-4-11-20-19)18(21-22)17-10-9-14(2)23-17/h5-7,9-10,12,20H,3-4,8,11H2,1-2H3. The van der Waals surface area contributed by atoms with Gasteiger partial charge in [0.1, 0.15) is 11.5 Å². The third-order valence-corrected chi connectivity index (χ3v) is 5.36. The van der Waals surface area contributed by atoms with E-state index in [2.05, 4.69) is 60.2 Å². The molecule has 1 aliphatic rings. The van der Waals surface area contributed by atoms with Crippen molar-refractivity contribution in [3.8, 4) is 16.3 Å². The van der Waals surface area contributed by atoms with Crippen LogP contribution in [0.4, 0.5) is 5.82 Å². The van der Waals surface area contributed by atoms with E-state index in [-0.39, 0.29) is 0 Å². The molecule has 0 unspecified atom stereocenters. The summed E-state index contributed by atoms with van der Waals surface area (Å²) in [5.41, 5.74) is 4.91. The highest BCUT2D eigenvalue weighted by Gasteiger charge is 2.22. The zero-order valence-corrected chi connectivity index (χ0v) is 14.4. The van der Waals surface area contributed by atoms with Crippen molar-refractivity contribution < 1.29 is 0 Å². The molecule has 118 valence electrons. The molecule has 0 fully saturated rings. The maximum atomic E-state index is 4.99. The van der Waals surface area contributed by atoms with Crippen molar-refractivity contribution in [3.05, 3.63) is 52.4 Å². The van der Waals surface area contributed by atoms with E-state index in [1.807, 2.05) is 11.3 Å². The maximum Gasteiger partial charge on any atom is 0.133 e. The Morgan fingerprint density at radius 2 is 2.04 bits per heavy atom. The van der Waals surface area contributed by atoms with E-state index < -0.39 is 0 Å². The monoisotopic (exact) mass is 323 g/mol. The van der Waals surface area contributed by atoms with Crippen LogP contribution in [-0.2, 0) is 6.42 Å². The van der Waals surface area contributed by atoms with E-state index in [1.54, 1.807) is 0 Å². The highest BCUT2D eigenvalue weighted by Crippen LogP contribution is 2.36. The van der Waals surface area contributed by atoms with Crippen LogP contribution < -0.4 is 5.32 Å². The fraction of sp³-hybridized carbons (Fsp3) is 0.316. The van der Waals surface area contributed by atoms with Crippen molar-refractivity contribution in [2.75, 3.05) is 11.9 Å². The molecule has 0 atom stereocenters. The lowest BCUT2D eigenvalue weighted by Gasteiger charge is -2.09. The molecule has 23 heavy (non-hydrogen) atoms. The Labute approximate surface area is 141 Å². The van der Waals surface area contributed by atoms with Gasteiger partial charge in [-0.2, -0.15) is 5.10 Å². The van der Waals surface area contributed by atoms with Crippen LogP contribution in [0.2, 0.25) is 0 Å². The number of rotatable bonds is 2. The average Bonchev–Trinajstić information content (AvgIpc) is 3.03. The van der Waals surface area contributed by atoms with E-state index in [0.29, 0.717) is 0 Å². The van der Waals surface area contributed by atoms with Crippen LogP contribution in [0.3, 0.4) is 0 Å². The quantitative estimate of drug-likeness (QED) is 0.722. The number of aryl methyl sites for hydroxylation is 2. The van der Waals surface area contributed by atoms with Crippen LogP contribution in [0.1, 0.15) is 28.8 Å². The zero-order chi connectivity index (χ0) is 15.8. The number of thiophene rings is 1. The number of aromatic nitrogens is 2. The number of hydrogen-bond donors (Lipinski definition) is 1. The van der Waals surface area contributed by atoms with Crippen molar-refractivity contribution in [1.82, 2.24) is 9.78 Å². The van der Waals surface area contributed by atoms with Gasteiger partial charge in [-0.1, -0.05) is 12.1 Å². The minimum absolute atomic E-state index is 1.02. The van der Waals surface area contributed by atoms with Crippen LogP contribution in [0, 0.1) is 13.8 Å². The fourth-order valence-electron chi connectivity index (χ4n) is 3.21. The smallest absolute Gasteiger partial charge is 0.133 e. The first-order valence-electron chi connectivity index (χ1n) is 8.22. The molecule has 3 heterocycles. The summed E-state index contributed by atoms with van der Waals surface area (Å²) in [4.78, 5) is 2.61. The molecule has 3 nitrogen and oxygen atoms in total. The Morgan fingerprint density at radius 1 is 1.13 bits per heavy atom. The summed E-state index contributed by atoms with van der Waals surface area (Å²) < 4.78 is 2.10. The predicted octanol–water partition coefficient (Wildman–Crippen LogP) is 4.97. The number of anilines is 1. The molecule has 0 bridgehead atoms. The molecule has 1 aliphatic heterocycles. The molecule has 4 rings (SSSR count). The lowest BCUT2D eigenvalue weighted by Crippen LogP contribution is -2.07. The Hall–Kier alpha value is -2.07. The molecule has 0 aliphatic carbocycles. The molecule has 0 radical (unpaired) electrons. The van der Waals surface area contributed by atoms with E-state index in [1.165, 1.54) is 39.5 Å². The molecular weight excluding hydrogens is 302 g/mol. The molecule has 1 aromatic carbocycles. The molecule has 4 heteroatoms. The molecule has 3 aromatic rings. The predicted molar refractivity (Wildman–Crippen MR) is 97.8 cm³/mol. The number of benzene rings is 1. The van der Waals surface area contributed by atoms with E-state index in [9.17, 15) is 0 Å². The van der Waals surface area contributed by atoms with Gasteiger partial charge in [0.05, 0.1) is 10.6 Å². The lowest BCUT2D eigenvalue weighted by molar-refractivity contribution is 0.780. The minimum Gasteiger partial charge on any atom is -0.370 e. The van der Waals surface area contributed by atoms with Crippen LogP contribution >= 0.6 is 11.3 Å². The highest BCUT2D eigenvalue weighted by atomic mass is 32.1. The molecule has 2 aromatic heterocycles. The second kappa shape index (κ2) is 5.85. The zero-order valence-electron chi connectivity index (χ0n) is 13.6. The SMILES string of the molecule is Cc1cccc(-n2nc(-c3ccc(C)s3)c3c2NCCCC3)c1. The summed E-state index contributed by atoms with van der Waals surface area (Å²) >= 11 is 1.83. The third kappa shape index (κ3) is 2.68. The Morgan fingerprint density at radius 3 is 2.83 bits per heavy atom. The van der Waals surface area contributed by atoms with Gasteiger partial charge in [0.2, 0.25) is 0 Å². The van der Waals surface area contributed by atoms with E-state index in [4.69, 9.17) is 5.10 Å². The fourth-order valence-corrected chi connectivity index (χ4v) is 4.09. The van der Waals surface area contributed by atoms with Gasteiger partial charge in [0.25, 0.3) is 0 Å². The Kier molecular flexibility index (Phi) is 3.69. The van der Waals surface area contributed by atoms with Crippen molar-refractivity contribution in [2.24, 2.45) is 0 Å². The van der Waals surface area contributed by atoms with Gasteiger partial charge in [-0.15, -0.1) is 11.3 Å². The van der Waals surface area contributed by atoms with Crippen molar-refractivity contribution in [1.29, 1.82) is 0 Å². The van der Waals surface area contributed by atoms with Gasteiger partial charge in [0.15, 0.2) is 0 Å². The molecule has 0 saturated heterocycles. The minimum atomic E-state index is 1.02. The summed E-state index contributed by atoms with van der Waals surface area (Å²) in [6.07, 6.45) is 3.53. The first-order valence-corrected chi connectivity index (χ1v) is 9.03.